The molecule has 170 valence electrons. The summed E-state index contributed by atoms with van der Waals surface area (Å²) in [6, 6.07) is 10.4. The third kappa shape index (κ3) is 8.58. The Morgan fingerprint density at radius 2 is 1.81 bits per heavy atom. The monoisotopic (exact) mass is 543 g/mol. The summed E-state index contributed by atoms with van der Waals surface area (Å²) in [5.41, 5.74) is 5.15. The highest BCUT2D eigenvalue weighted by atomic mass is 127. The van der Waals surface area contributed by atoms with Crippen molar-refractivity contribution in [2.75, 3.05) is 19.6 Å². The van der Waals surface area contributed by atoms with Crippen molar-refractivity contribution in [1.82, 2.24) is 16.0 Å². The van der Waals surface area contributed by atoms with E-state index in [1.54, 1.807) is 43.3 Å². The number of amides is 2. The number of nitrogens with zero attached hydrogens (tertiary/aromatic N) is 1. The summed E-state index contributed by atoms with van der Waals surface area (Å²) >= 11 is 0. The smallest absolute Gasteiger partial charge is 0.251 e. The summed E-state index contributed by atoms with van der Waals surface area (Å²) in [4.78, 5) is 27.2. The first kappa shape index (κ1) is 26.4. The van der Waals surface area contributed by atoms with E-state index in [4.69, 9.17) is 10.2 Å². The number of benzene rings is 1. The first-order valence-corrected chi connectivity index (χ1v) is 9.68. The van der Waals surface area contributed by atoms with Crippen LogP contribution < -0.4 is 21.7 Å². The fourth-order valence-electron chi connectivity index (χ4n) is 2.61. The third-order valence-electron chi connectivity index (χ3n) is 4.27. The standard InChI is InChI=1S/C21H29N5O4.HI/c1-4-23-20(26-13-21(3,29)17-10-5-14(2)30-17)25-11-15-6-8-16(9-7-15)19(28)24-12-18(22)27;/h5-10,29H,4,11-13H2,1-3H3,(H2,22,27)(H,24,28)(H2,23,25,26);1H. The van der Waals surface area contributed by atoms with Crippen LogP contribution in [0.5, 0.6) is 0 Å². The van der Waals surface area contributed by atoms with Gasteiger partial charge >= 0.3 is 0 Å². The maximum atomic E-state index is 11.9. The number of carbonyl (C=O) groups excluding carboxylic acids is 2. The average molecular weight is 543 g/mol. The zero-order valence-electron chi connectivity index (χ0n) is 17.9. The van der Waals surface area contributed by atoms with E-state index in [0.717, 1.165) is 11.3 Å². The Hall–Kier alpha value is -2.60. The largest absolute Gasteiger partial charge is 0.463 e. The number of guanidine groups is 1. The number of primary amides is 1. The summed E-state index contributed by atoms with van der Waals surface area (Å²) in [6.07, 6.45) is 0. The molecule has 0 fully saturated rings. The lowest BCUT2D eigenvalue weighted by Gasteiger charge is -2.22. The van der Waals surface area contributed by atoms with E-state index < -0.39 is 11.5 Å². The molecule has 31 heavy (non-hydrogen) atoms. The quantitative estimate of drug-likeness (QED) is 0.184. The molecular formula is C21H30IN5O4. The minimum Gasteiger partial charge on any atom is -0.463 e. The van der Waals surface area contributed by atoms with Crippen molar-refractivity contribution < 1.29 is 19.1 Å². The van der Waals surface area contributed by atoms with E-state index in [0.29, 0.717) is 30.4 Å². The molecule has 0 aliphatic heterocycles. The van der Waals surface area contributed by atoms with Crippen LogP contribution in [0.3, 0.4) is 0 Å². The number of rotatable bonds is 9. The van der Waals surface area contributed by atoms with Crippen LogP contribution in [0, 0.1) is 6.92 Å². The van der Waals surface area contributed by atoms with Crippen LogP contribution in [-0.4, -0.2) is 42.5 Å². The molecule has 10 heteroatoms. The molecule has 2 amide bonds. The number of halogens is 1. The second-order valence-electron chi connectivity index (χ2n) is 7.08. The number of aliphatic imine (C=N–C) groups is 1. The van der Waals surface area contributed by atoms with Gasteiger partial charge in [-0.1, -0.05) is 12.1 Å². The van der Waals surface area contributed by atoms with Crippen molar-refractivity contribution >= 4 is 41.8 Å². The molecule has 1 aromatic carbocycles. The Bertz CT molecular complexity index is 893. The van der Waals surface area contributed by atoms with Crippen LogP contribution in [0.4, 0.5) is 0 Å². The van der Waals surface area contributed by atoms with Crippen molar-refractivity contribution in [2.45, 2.75) is 32.9 Å². The van der Waals surface area contributed by atoms with Gasteiger partial charge < -0.3 is 31.2 Å². The molecule has 9 nitrogen and oxygen atoms in total. The summed E-state index contributed by atoms with van der Waals surface area (Å²) in [5.74, 6) is 0.795. The molecule has 0 saturated heterocycles. The molecule has 0 aliphatic rings. The molecule has 1 aromatic heterocycles. The van der Waals surface area contributed by atoms with Crippen molar-refractivity contribution in [2.24, 2.45) is 10.7 Å². The number of aliphatic hydroxyl groups is 1. The maximum absolute atomic E-state index is 11.9. The number of furan rings is 1. The van der Waals surface area contributed by atoms with Gasteiger partial charge in [-0.25, -0.2) is 4.99 Å². The van der Waals surface area contributed by atoms with E-state index >= 15 is 0 Å². The molecule has 0 bridgehead atoms. The lowest BCUT2D eigenvalue weighted by atomic mass is 10.0. The van der Waals surface area contributed by atoms with Gasteiger partial charge in [-0.2, -0.15) is 0 Å². The molecular weight excluding hydrogens is 513 g/mol. The topological polar surface area (TPSA) is 142 Å². The predicted molar refractivity (Wildman–Crippen MR) is 129 cm³/mol. The van der Waals surface area contributed by atoms with Gasteiger partial charge in [0, 0.05) is 12.1 Å². The Labute approximate surface area is 198 Å². The molecule has 6 N–H and O–H groups in total. The second kappa shape index (κ2) is 12.3. The predicted octanol–water partition coefficient (Wildman–Crippen LogP) is 1.38. The van der Waals surface area contributed by atoms with Crippen LogP contribution in [0.2, 0.25) is 0 Å². The average Bonchev–Trinajstić information content (AvgIpc) is 3.16. The van der Waals surface area contributed by atoms with Gasteiger partial charge in [-0.05, 0) is 50.6 Å². The van der Waals surface area contributed by atoms with E-state index in [1.807, 2.05) is 13.8 Å². The molecule has 1 heterocycles. The van der Waals surface area contributed by atoms with Crippen LogP contribution in [0.1, 0.15) is 41.3 Å². The lowest BCUT2D eigenvalue weighted by molar-refractivity contribution is -0.117. The Balaban J connectivity index is 0.00000480. The number of nitrogens with two attached hydrogens (primary N) is 1. The van der Waals surface area contributed by atoms with Crippen molar-refractivity contribution in [3.05, 3.63) is 59.0 Å². The van der Waals surface area contributed by atoms with Crippen LogP contribution >= 0.6 is 24.0 Å². The number of aryl methyl sites for hydroxylation is 1. The van der Waals surface area contributed by atoms with Crippen molar-refractivity contribution in [3.63, 3.8) is 0 Å². The fraction of sp³-hybridized carbons (Fsp3) is 0.381. The summed E-state index contributed by atoms with van der Waals surface area (Å²) in [5, 5.41) is 19.3. The van der Waals surface area contributed by atoms with Crippen LogP contribution in [-0.2, 0) is 16.9 Å². The maximum Gasteiger partial charge on any atom is 0.251 e. The normalized spacial score (nSPS) is 13.0. The molecule has 0 aliphatic carbocycles. The zero-order chi connectivity index (χ0) is 22.1. The van der Waals surface area contributed by atoms with Gasteiger partial charge in [0.25, 0.3) is 5.91 Å². The first-order valence-electron chi connectivity index (χ1n) is 9.68. The van der Waals surface area contributed by atoms with Gasteiger partial charge in [0.05, 0.1) is 19.6 Å². The zero-order valence-corrected chi connectivity index (χ0v) is 20.2. The number of nitrogens with one attached hydrogen (secondary N) is 3. The Morgan fingerprint density at radius 1 is 1.13 bits per heavy atom. The van der Waals surface area contributed by atoms with Gasteiger partial charge in [0.2, 0.25) is 5.91 Å². The molecule has 0 saturated carbocycles. The summed E-state index contributed by atoms with van der Waals surface area (Å²) < 4.78 is 5.52. The van der Waals surface area contributed by atoms with E-state index in [1.165, 1.54) is 0 Å². The number of hydrogen-bond donors (Lipinski definition) is 5. The van der Waals surface area contributed by atoms with E-state index in [9.17, 15) is 14.7 Å². The molecule has 1 unspecified atom stereocenters. The minimum absolute atomic E-state index is 0. The first-order chi connectivity index (χ1) is 14.2. The number of carbonyl (C=O) groups is 2. The SMILES string of the molecule is CCNC(=NCc1ccc(C(=O)NCC(N)=O)cc1)NCC(C)(O)c1ccc(C)o1.I. The minimum atomic E-state index is -1.19. The lowest BCUT2D eigenvalue weighted by Crippen LogP contribution is -2.44. The molecule has 1 atom stereocenters. The molecule has 2 rings (SSSR count). The van der Waals surface area contributed by atoms with Crippen LogP contribution in [0.25, 0.3) is 0 Å². The summed E-state index contributed by atoms with van der Waals surface area (Å²) in [6.45, 7) is 6.49. The molecule has 2 aromatic rings. The van der Waals surface area contributed by atoms with Gasteiger partial charge in [0.15, 0.2) is 5.96 Å². The van der Waals surface area contributed by atoms with Crippen LogP contribution in [0.15, 0.2) is 45.8 Å². The highest BCUT2D eigenvalue weighted by Gasteiger charge is 2.27. The fourth-order valence-corrected chi connectivity index (χ4v) is 2.61. The van der Waals surface area contributed by atoms with Crippen molar-refractivity contribution in [1.29, 1.82) is 0 Å². The van der Waals surface area contributed by atoms with Gasteiger partial charge in [0.1, 0.15) is 17.1 Å². The van der Waals surface area contributed by atoms with Crippen molar-refractivity contribution in [3.8, 4) is 0 Å². The highest BCUT2D eigenvalue weighted by Crippen LogP contribution is 2.21. The summed E-state index contributed by atoms with van der Waals surface area (Å²) in [7, 11) is 0. The third-order valence-corrected chi connectivity index (χ3v) is 4.27. The Kier molecular flexibility index (Phi) is 10.5. The molecule has 0 radical (unpaired) electrons. The Morgan fingerprint density at radius 3 is 2.35 bits per heavy atom. The second-order valence-corrected chi connectivity index (χ2v) is 7.08. The molecule has 0 spiro atoms. The van der Waals surface area contributed by atoms with Gasteiger partial charge in [-0.15, -0.1) is 24.0 Å². The van der Waals surface area contributed by atoms with E-state index in [-0.39, 0.29) is 43.0 Å². The highest BCUT2D eigenvalue weighted by molar-refractivity contribution is 14.0. The van der Waals surface area contributed by atoms with E-state index in [2.05, 4.69) is 20.9 Å². The number of hydrogen-bond acceptors (Lipinski definition) is 5. The van der Waals surface area contributed by atoms with Gasteiger partial charge in [-0.3, -0.25) is 9.59 Å².